The molecule has 0 spiro atoms. The van der Waals surface area contributed by atoms with E-state index in [-0.39, 0.29) is 36.0 Å². The van der Waals surface area contributed by atoms with Crippen LogP contribution in [0.1, 0.15) is 26.3 Å². The molecular formula is C24H35IN6O2. The monoisotopic (exact) mass is 566 g/mol. The van der Waals surface area contributed by atoms with Gasteiger partial charge in [0.2, 0.25) is 0 Å². The van der Waals surface area contributed by atoms with E-state index in [0.29, 0.717) is 12.3 Å². The van der Waals surface area contributed by atoms with Gasteiger partial charge in [0.05, 0.1) is 12.2 Å². The minimum atomic E-state index is -0.205. The maximum atomic E-state index is 11.8. The van der Waals surface area contributed by atoms with Gasteiger partial charge in [0.25, 0.3) is 0 Å². The molecule has 0 atom stereocenters. The van der Waals surface area contributed by atoms with Crippen molar-refractivity contribution < 1.29 is 9.90 Å². The number of hydrogen-bond acceptors (Lipinski definition) is 4. The average molecular weight is 566 g/mol. The van der Waals surface area contributed by atoms with Crippen molar-refractivity contribution in [1.29, 1.82) is 0 Å². The van der Waals surface area contributed by atoms with Crippen molar-refractivity contribution in [3.05, 3.63) is 54.1 Å². The molecule has 2 aromatic rings. The Kier molecular flexibility index (Phi) is 10.6. The van der Waals surface area contributed by atoms with Crippen molar-refractivity contribution in [3.8, 4) is 5.75 Å². The van der Waals surface area contributed by atoms with Crippen molar-refractivity contribution in [2.24, 2.45) is 4.99 Å². The van der Waals surface area contributed by atoms with Gasteiger partial charge in [0.15, 0.2) is 5.96 Å². The predicted octanol–water partition coefficient (Wildman–Crippen LogP) is 3.83. The van der Waals surface area contributed by atoms with E-state index < -0.39 is 0 Å². The molecule has 3 rings (SSSR count). The van der Waals surface area contributed by atoms with Crippen LogP contribution in [0.2, 0.25) is 0 Å². The Morgan fingerprint density at radius 3 is 2.33 bits per heavy atom. The molecule has 1 heterocycles. The molecule has 33 heavy (non-hydrogen) atoms. The van der Waals surface area contributed by atoms with Crippen LogP contribution in [0.5, 0.6) is 5.75 Å². The third-order valence-corrected chi connectivity index (χ3v) is 5.18. The molecule has 9 heteroatoms. The van der Waals surface area contributed by atoms with E-state index in [2.05, 4.69) is 32.7 Å². The Morgan fingerprint density at radius 2 is 1.73 bits per heavy atom. The quantitative estimate of drug-likeness (QED) is 0.243. The number of carbonyl (C=O) groups excluding carboxylic acids is 1. The largest absolute Gasteiger partial charge is 0.506 e. The van der Waals surface area contributed by atoms with E-state index in [1.807, 2.05) is 56.3 Å². The van der Waals surface area contributed by atoms with Crippen LogP contribution in [0, 0.1) is 0 Å². The van der Waals surface area contributed by atoms with E-state index in [1.54, 1.807) is 6.07 Å². The van der Waals surface area contributed by atoms with Gasteiger partial charge in [-0.15, -0.1) is 24.0 Å². The summed E-state index contributed by atoms with van der Waals surface area (Å²) in [6.45, 7) is 10.6. The van der Waals surface area contributed by atoms with Crippen molar-refractivity contribution >= 4 is 47.3 Å². The highest BCUT2D eigenvalue weighted by molar-refractivity contribution is 14.0. The van der Waals surface area contributed by atoms with E-state index >= 15 is 0 Å². The maximum Gasteiger partial charge on any atom is 0.319 e. The zero-order valence-corrected chi connectivity index (χ0v) is 21.9. The lowest BCUT2D eigenvalue weighted by Crippen LogP contribution is -2.52. The molecule has 0 aromatic heterocycles. The van der Waals surface area contributed by atoms with Crippen molar-refractivity contribution in [1.82, 2.24) is 15.5 Å². The van der Waals surface area contributed by atoms with Crippen LogP contribution in [0.25, 0.3) is 0 Å². The highest BCUT2D eigenvalue weighted by Crippen LogP contribution is 2.27. The summed E-state index contributed by atoms with van der Waals surface area (Å²) < 4.78 is 0. The van der Waals surface area contributed by atoms with Gasteiger partial charge in [-0.05, 0) is 50.6 Å². The molecule has 1 aliphatic heterocycles. The number of para-hydroxylation sites is 2. The van der Waals surface area contributed by atoms with Gasteiger partial charge in [-0.2, -0.15) is 0 Å². The molecule has 0 saturated carbocycles. The lowest BCUT2D eigenvalue weighted by molar-refractivity contribution is 0.250. The minimum absolute atomic E-state index is 0. The summed E-state index contributed by atoms with van der Waals surface area (Å²) in [5, 5.41) is 19.1. The molecule has 0 radical (unpaired) electrons. The zero-order chi connectivity index (χ0) is 22.9. The van der Waals surface area contributed by atoms with Gasteiger partial charge in [0, 0.05) is 44.5 Å². The number of nitrogens with zero attached hydrogens (tertiary/aromatic N) is 3. The van der Waals surface area contributed by atoms with Gasteiger partial charge in [-0.25, -0.2) is 9.79 Å². The zero-order valence-electron chi connectivity index (χ0n) is 19.5. The van der Waals surface area contributed by atoms with Crippen molar-refractivity contribution in [3.63, 3.8) is 0 Å². The molecule has 0 aliphatic carbocycles. The number of carbonyl (C=O) groups is 1. The molecule has 1 saturated heterocycles. The minimum Gasteiger partial charge on any atom is -0.506 e. The van der Waals surface area contributed by atoms with Gasteiger partial charge < -0.3 is 30.9 Å². The van der Waals surface area contributed by atoms with Gasteiger partial charge >= 0.3 is 6.03 Å². The van der Waals surface area contributed by atoms with Crippen LogP contribution in [-0.4, -0.2) is 60.8 Å². The molecule has 4 N–H and O–H groups in total. The number of hydrogen-bond donors (Lipinski definition) is 4. The molecule has 8 nitrogen and oxygen atoms in total. The number of rotatable bonds is 6. The first-order chi connectivity index (χ1) is 15.5. The summed E-state index contributed by atoms with van der Waals surface area (Å²) in [6, 6.07) is 15.1. The summed E-state index contributed by atoms with van der Waals surface area (Å²) in [4.78, 5) is 21.1. The summed E-state index contributed by atoms with van der Waals surface area (Å²) in [5.41, 5.74) is 2.70. The summed E-state index contributed by atoms with van der Waals surface area (Å²) in [5.74, 6) is 1.21. The number of benzene rings is 2. The second kappa shape index (κ2) is 13.1. The highest BCUT2D eigenvalue weighted by atomic mass is 127. The molecule has 2 amide bonds. The van der Waals surface area contributed by atoms with E-state index in [4.69, 9.17) is 4.99 Å². The van der Waals surface area contributed by atoms with Crippen LogP contribution >= 0.6 is 24.0 Å². The average Bonchev–Trinajstić information content (AvgIpc) is 2.77. The maximum absolute atomic E-state index is 11.8. The van der Waals surface area contributed by atoms with Crippen molar-refractivity contribution in [2.75, 3.05) is 42.9 Å². The Bertz CT molecular complexity index is 911. The standard InChI is InChI=1S/C24H34N6O2.HI/c1-4-25-23(30-15-13-29(14-16-30)21-7-5-6-8-22(21)31)26-17-19-9-11-20(12-10-19)28-24(32)27-18(2)3;/h5-12,18,31H,4,13-17H2,1-3H3,(H,25,26)(H2,27,28,32);1H. The summed E-state index contributed by atoms with van der Waals surface area (Å²) in [7, 11) is 0. The first kappa shape index (κ1) is 26.6. The Labute approximate surface area is 213 Å². The van der Waals surface area contributed by atoms with Crippen LogP contribution < -0.4 is 20.9 Å². The predicted molar refractivity (Wildman–Crippen MR) is 146 cm³/mol. The number of phenols is 1. The fraction of sp³-hybridized carbons (Fsp3) is 0.417. The normalized spacial score (nSPS) is 14.0. The molecule has 1 fully saturated rings. The summed E-state index contributed by atoms with van der Waals surface area (Å²) >= 11 is 0. The number of halogens is 1. The Balaban J connectivity index is 0.00000385. The second-order valence-corrected chi connectivity index (χ2v) is 8.08. The highest BCUT2D eigenvalue weighted by Gasteiger charge is 2.21. The molecular weight excluding hydrogens is 531 g/mol. The van der Waals surface area contributed by atoms with Crippen LogP contribution in [0.4, 0.5) is 16.2 Å². The summed E-state index contributed by atoms with van der Waals surface area (Å²) in [6.07, 6.45) is 0. The number of phenolic OH excluding ortho intramolecular Hbond substituents is 1. The van der Waals surface area contributed by atoms with Gasteiger partial charge in [-0.3, -0.25) is 0 Å². The Hall–Kier alpha value is -2.69. The number of aliphatic imine (C=N–C) groups is 1. The second-order valence-electron chi connectivity index (χ2n) is 8.08. The van der Waals surface area contributed by atoms with E-state index in [1.165, 1.54) is 0 Å². The molecule has 2 aromatic carbocycles. The van der Waals surface area contributed by atoms with E-state index in [0.717, 1.165) is 55.6 Å². The van der Waals surface area contributed by atoms with Crippen LogP contribution in [0.3, 0.4) is 0 Å². The third kappa shape index (κ3) is 7.99. The SMILES string of the molecule is CCNC(=NCc1ccc(NC(=O)NC(C)C)cc1)N1CCN(c2ccccc2O)CC1.I. The fourth-order valence-corrected chi connectivity index (χ4v) is 3.61. The molecule has 180 valence electrons. The fourth-order valence-electron chi connectivity index (χ4n) is 3.61. The third-order valence-electron chi connectivity index (χ3n) is 5.18. The smallest absolute Gasteiger partial charge is 0.319 e. The van der Waals surface area contributed by atoms with Crippen LogP contribution in [-0.2, 0) is 6.54 Å². The first-order valence-electron chi connectivity index (χ1n) is 11.2. The molecule has 0 bridgehead atoms. The number of anilines is 2. The first-order valence-corrected chi connectivity index (χ1v) is 11.2. The number of piperazine rings is 1. The van der Waals surface area contributed by atoms with Gasteiger partial charge in [-0.1, -0.05) is 24.3 Å². The van der Waals surface area contributed by atoms with Crippen molar-refractivity contribution in [2.45, 2.75) is 33.4 Å². The van der Waals surface area contributed by atoms with Crippen LogP contribution in [0.15, 0.2) is 53.5 Å². The molecule has 0 unspecified atom stereocenters. The lowest BCUT2D eigenvalue weighted by Gasteiger charge is -2.37. The Morgan fingerprint density at radius 1 is 1.06 bits per heavy atom. The number of urea groups is 1. The lowest BCUT2D eigenvalue weighted by atomic mass is 10.2. The number of guanidine groups is 1. The topological polar surface area (TPSA) is 92.2 Å². The molecule has 1 aliphatic rings. The number of amides is 2. The van der Waals surface area contributed by atoms with Gasteiger partial charge in [0.1, 0.15) is 5.75 Å². The van der Waals surface area contributed by atoms with E-state index in [9.17, 15) is 9.90 Å². The number of nitrogens with one attached hydrogen (secondary N) is 3. The number of aromatic hydroxyl groups is 1.